The Morgan fingerprint density at radius 1 is 1.00 bits per heavy atom. The highest BCUT2D eigenvalue weighted by molar-refractivity contribution is 5.04. The molecule has 3 saturated carbocycles. The van der Waals surface area contributed by atoms with Crippen LogP contribution in [0, 0.1) is 23.2 Å². The summed E-state index contributed by atoms with van der Waals surface area (Å²) in [7, 11) is 0. The summed E-state index contributed by atoms with van der Waals surface area (Å²) in [5.41, 5.74) is 7.19. The van der Waals surface area contributed by atoms with Crippen LogP contribution in [0.25, 0.3) is 0 Å². The van der Waals surface area contributed by atoms with E-state index in [0.29, 0.717) is 11.0 Å². The van der Waals surface area contributed by atoms with Crippen LogP contribution in [0.1, 0.15) is 65.7 Å². The molecule has 3 rings (SSSR count). The van der Waals surface area contributed by atoms with Crippen LogP contribution in [-0.4, -0.2) is 30.1 Å². The van der Waals surface area contributed by atoms with Crippen LogP contribution in [0.4, 0.5) is 0 Å². The summed E-state index contributed by atoms with van der Waals surface area (Å²) in [6, 6.07) is 0. The second-order valence-corrected chi connectivity index (χ2v) is 8.87. The fourth-order valence-electron chi connectivity index (χ4n) is 4.49. The van der Waals surface area contributed by atoms with Crippen molar-refractivity contribution in [3.05, 3.63) is 0 Å². The van der Waals surface area contributed by atoms with Crippen molar-refractivity contribution in [1.29, 1.82) is 0 Å². The molecule has 3 aliphatic carbocycles. The van der Waals surface area contributed by atoms with Crippen molar-refractivity contribution in [1.82, 2.24) is 4.90 Å². The molecule has 0 aliphatic heterocycles. The van der Waals surface area contributed by atoms with E-state index in [1.807, 2.05) is 0 Å². The number of hydrogen-bond donors (Lipinski definition) is 1. The third-order valence-electron chi connectivity index (χ3n) is 6.35. The zero-order chi connectivity index (χ0) is 14.4. The topological polar surface area (TPSA) is 29.3 Å². The number of nitrogens with zero attached hydrogens (tertiary/aromatic N) is 1. The Kier molecular flexibility index (Phi) is 3.92. The molecule has 0 amide bonds. The van der Waals surface area contributed by atoms with E-state index in [1.165, 1.54) is 58.0 Å². The quantitative estimate of drug-likeness (QED) is 0.803. The highest BCUT2D eigenvalue weighted by Crippen LogP contribution is 2.48. The minimum Gasteiger partial charge on any atom is -0.329 e. The van der Waals surface area contributed by atoms with Crippen molar-refractivity contribution in [2.75, 3.05) is 19.6 Å². The summed E-state index contributed by atoms with van der Waals surface area (Å²) in [6.07, 6.45) is 9.85. The zero-order valence-corrected chi connectivity index (χ0v) is 13.8. The molecule has 0 saturated heterocycles. The summed E-state index contributed by atoms with van der Waals surface area (Å²) in [5, 5.41) is 0. The Morgan fingerprint density at radius 3 is 1.95 bits per heavy atom. The SMILES string of the molecule is CC1CC(C)(C)CCC1(CN)N(CC1CC1)CC1CC1. The van der Waals surface area contributed by atoms with E-state index in [1.54, 1.807) is 0 Å². The van der Waals surface area contributed by atoms with Crippen LogP contribution in [0.2, 0.25) is 0 Å². The minimum atomic E-state index is 0.306. The van der Waals surface area contributed by atoms with Crippen LogP contribution >= 0.6 is 0 Å². The van der Waals surface area contributed by atoms with Gasteiger partial charge >= 0.3 is 0 Å². The van der Waals surface area contributed by atoms with Gasteiger partial charge in [-0.05, 0) is 68.1 Å². The average Bonchev–Trinajstić information content (AvgIpc) is 3.23. The molecule has 2 atom stereocenters. The Balaban J connectivity index is 1.76. The van der Waals surface area contributed by atoms with Crippen LogP contribution in [0.5, 0.6) is 0 Å². The maximum absolute atomic E-state index is 6.37. The molecule has 0 aromatic carbocycles. The summed E-state index contributed by atoms with van der Waals surface area (Å²) < 4.78 is 0. The molecule has 0 radical (unpaired) electrons. The summed E-state index contributed by atoms with van der Waals surface area (Å²) in [6.45, 7) is 10.9. The predicted molar refractivity (Wildman–Crippen MR) is 85.6 cm³/mol. The molecule has 3 aliphatic rings. The van der Waals surface area contributed by atoms with Crippen molar-refractivity contribution >= 4 is 0 Å². The van der Waals surface area contributed by atoms with Crippen molar-refractivity contribution in [2.45, 2.75) is 71.3 Å². The molecular weight excluding hydrogens is 244 g/mol. The Hall–Kier alpha value is -0.0800. The van der Waals surface area contributed by atoms with Gasteiger partial charge in [-0.15, -0.1) is 0 Å². The van der Waals surface area contributed by atoms with Gasteiger partial charge in [-0.1, -0.05) is 20.8 Å². The zero-order valence-electron chi connectivity index (χ0n) is 13.8. The third-order valence-corrected chi connectivity index (χ3v) is 6.35. The summed E-state index contributed by atoms with van der Waals surface area (Å²) in [4.78, 5) is 2.86. The molecule has 2 heteroatoms. The van der Waals surface area contributed by atoms with Crippen molar-refractivity contribution in [3.8, 4) is 0 Å². The van der Waals surface area contributed by atoms with Crippen LogP contribution in [0.3, 0.4) is 0 Å². The molecule has 2 unspecified atom stereocenters. The normalized spacial score (nSPS) is 37.4. The van der Waals surface area contributed by atoms with Gasteiger partial charge in [-0.2, -0.15) is 0 Å². The van der Waals surface area contributed by atoms with E-state index in [9.17, 15) is 0 Å². The first-order valence-corrected chi connectivity index (χ1v) is 8.90. The smallest absolute Gasteiger partial charge is 0.0357 e. The first-order valence-electron chi connectivity index (χ1n) is 8.90. The summed E-state index contributed by atoms with van der Waals surface area (Å²) in [5.74, 6) is 2.72. The minimum absolute atomic E-state index is 0.306. The second-order valence-electron chi connectivity index (χ2n) is 8.87. The van der Waals surface area contributed by atoms with Crippen molar-refractivity contribution < 1.29 is 0 Å². The molecule has 0 heterocycles. The molecule has 20 heavy (non-hydrogen) atoms. The maximum atomic E-state index is 6.37. The number of hydrogen-bond acceptors (Lipinski definition) is 2. The Bertz CT molecular complexity index is 329. The van der Waals surface area contributed by atoms with Gasteiger partial charge in [0.1, 0.15) is 0 Å². The van der Waals surface area contributed by atoms with E-state index in [4.69, 9.17) is 5.73 Å². The lowest BCUT2D eigenvalue weighted by Gasteiger charge is -2.54. The van der Waals surface area contributed by atoms with Gasteiger partial charge < -0.3 is 5.73 Å². The van der Waals surface area contributed by atoms with E-state index < -0.39 is 0 Å². The lowest BCUT2D eigenvalue weighted by molar-refractivity contribution is -0.0274. The average molecular weight is 278 g/mol. The van der Waals surface area contributed by atoms with Gasteiger partial charge in [0, 0.05) is 25.2 Å². The van der Waals surface area contributed by atoms with Gasteiger partial charge in [0.15, 0.2) is 0 Å². The van der Waals surface area contributed by atoms with Gasteiger partial charge in [-0.25, -0.2) is 0 Å². The molecule has 3 fully saturated rings. The van der Waals surface area contributed by atoms with E-state index in [-0.39, 0.29) is 0 Å². The van der Waals surface area contributed by atoms with E-state index in [2.05, 4.69) is 25.7 Å². The summed E-state index contributed by atoms with van der Waals surface area (Å²) >= 11 is 0. The first-order chi connectivity index (χ1) is 9.45. The number of nitrogens with two attached hydrogens (primary N) is 1. The molecule has 0 aromatic rings. The highest BCUT2D eigenvalue weighted by Gasteiger charge is 2.48. The van der Waals surface area contributed by atoms with Gasteiger partial charge in [0.25, 0.3) is 0 Å². The van der Waals surface area contributed by atoms with Crippen LogP contribution < -0.4 is 5.73 Å². The largest absolute Gasteiger partial charge is 0.329 e. The standard InChI is InChI=1S/C18H34N2/c1-14-10-17(2,3)8-9-18(14,13-19)20(11-15-4-5-15)12-16-6-7-16/h14-16H,4-13,19H2,1-3H3. The van der Waals surface area contributed by atoms with Crippen molar-refractivity contribution in [2.24, 2.45) is 28.9 Å². The third kappa shape index (κ3) is 3.06. The van der Waals surface area contributed by atoms with Crippen molar-refractivity contribution in [3.63, 3.8) is 0 Å². The monoisotopic (exact) mass is 278 g/mol. The number of rotatable bonds is 6. The molecular formula is C18H34N2. The van der Waals surface area contributed by atoms with Gasteiger partial charge in [0.2, 0.25) is 0 Å². The predicted octanol–water partition coefficient (Wildman–Crippen LogP) is 3.65. The lowest BCUT2D eigenvalue weighted by Crippen LogP contribution is -2.61. The Labute approximate surface area is 125 Å². The molecule has 116 valence electrons. The van der Waals surface area contributed by atoms with E-state index >= 15 is 0 Å². The maximum Gasteiger partial charge on any atom is 0.0357 e. The molecule has 0 aromatic heterocycles. The second kappa shape index (κ2) is 5.28. The lowest BCUT2D eigenvalue weighted by atomic mass is 9.63. The molecule has 0 spiro atoms. The molecule has 2 nitrogen and oxygen atoms in total. The fourth-order valence-corrected chi connectivity index (χ4v) is 4.49. The Morgan fingerprint density at radius 2 is 1.55 bits per heavy atom. The van der Waals surface area contributed by atoms with Crippen LogP contribution in [0.15, 0.2) is 0 Å². The molecule has 2 N–H and O–H groups in total. The first kappa shape index (κ1) is 14.8. The fraction of sp³-hybridized carbons (Fsp3) is 1.00. The highest BCUT2D eigenvalue weighted by atomic mass is 15.2. The van der Waals surface area contributed by atoms with Crippen LogP contribution in [-0.2, 0) is 0 Å². The molecule has 0 bridgehead atoms. The van der Waals surface area contributed by atoms with Gasteiger partial charge in [-0.3, -0.25) is 4.90 Å². The van der Waals surface area contributed by atoms with E-state index in [0.717, 1.165) is 24.3 Å². The van der Waals surface area contributed by atoms with Gasteiger partial charge in [0.05, 0.1) is 0 Å².